The molecule has 0 N–H and O–H groups in total. The average Bonchev–Trinajstić information content (AvgIpc) is 2.37. The fraction of sp³-hybridized carbons (Fsp3) is 0.533. The molecule has 0 atom stereocenters. The van der Waals surface area contributed by atoms with Crippen molar-refractivity contribution in [3.05, 3.63) is 35.9 Å². The first-order valence-electron chi connectivity index (χ1n) is 6.34. The minimum Gasteiger partial charge on any atom is -0.469 e. The molecule has 0 unspecified atom stereocenters. The number of esters is 1. The quantitative estimate of drug-likeness (QED) is 0.726. The van der Waals surface area contributed by atoms with Crippen molar-refractivity contribution in [2.24, 2.45) is 5.41 Å². The fourth-order valence-electron chi connectivity index (χ4n) is 2.02. The molecule has 0 saturated heterocycles. The third kappa shape index (κ3) is 4.15. The van der Waals surface area contributed by atoms with Crippen LogP contribution in [0.5, 0.6) is 0 Å². The van der Waals surface area contributed by atoms with E-state index in [9.17, 15) is 4.79 Å². The molecule has 0 spiro atoms. The molecule has 0 heterocycles. The number of ether oxygens (including phenoxy) is 1. The van der Waals surface area contributed by atoms with E-state index < -0.39 is 5.41 Å². The molecular weight excluding hydrogens is 226 g/mol. The molecule has 0 radical (unpaired) electrons. The Balaban J connectivity index is 2.65. The topological polar surface area (TPSA) is 29.5 Å². The van der Waals surface area contributed by atoms with Crippen LogP contribution >= 0.6 is 0 Å². The van der Waals surface area contributed by atoms with Gasteiger partial charge in [-0.05, 0) is 26.0 Å². The lowest BCUT2D eigenvalue weighted by Gasteiger charge is -2.29. The van der Waals surface area contributed by atoms with E-state index >= 15 is 0 Å². The lowest BCUT2D eigenvalue weighted by molar-refractivity contribution is -0.151. The Bertz CT molecular complexity index is 373. The van der Waals surface area contributed by atoms with E-state index in [2.05, 4.69) is 24.0 Å². The first-order valence-corrected chi connectivity index (χ1v) is 6.34. The number of methoxy groups -OCH3 is 1. The molecule has 0 fully saturated rings. The van der Waals surface area contributed by atoms with Crippen molar-refractivity contribution in [1.82, 2.24) is 4.90 Å². The van der Waals surface area contributed by atoms with Crippen LogP contribution in [0.25, 0.3) is 0 Å². The van der Waals surface area contributed by atoms with Crippen LogP contribution in [-0.2, 0) is 16.1 Å². The van der Waals surface area contributed by atoms with Crippen LogP contribution in [0.3, 0.4) is 0 Å². The Labute approximate surface area is 110 Å². The zero-order valence-electron chi connectivity index (χ0n) is 11.8. The van der Waals surface area contributed by atoms with Crippen LogP contribution in [-0.4, -0.2) is 31.1 Å². The van der Waals surface area contributed by atoms with E-state index in [0.717, 1.165) is 13.1 Å². The van der Waals surface area contributed by atoms with Gasteiger partial charge in [0.15, 0.2) is 0 Å². The summed E-state index contributed by atoms with van der Waals surface area (Å²) in [5, 5.41) is 0. The van der Waals surface area contributed by atoms with Crippen molar-refractivity contribution < 1.29 is 9.53 Å². The number of carbonyl (C=O) groups is 1. The van der Waals surface area contributed by atoms with Crippen LogP contribution in [0, 0.1) is 5.41 Å². The van der Waals surface area contributed by atoms with Gasteiger partial charge in [-0.15, -0.1) is 0 Å². The zero-order chi connectivity index (χ0) is 13.6. The molecule has 0 aliphatic heterocycles. The second-order valence-electron chi connectivity index (χ2n) is 5.16. The van der Waals surface area contributed by atoms with Gasteiger partial charge in [-0.1, -0.05) is 37.3 Å². The van der Waals surface area contributed by atoms with Gasteiger partial charge in [-0.3, -0.25) is 9.69 Å². The van der Waals surface area contributed by atoms with Crippen LogP contribution in [0.1, 0.15) is 26.3 Å². The standard InChI is InChI=1S/C15H23NO2/c1-5-16(11-13-9-7-6-8-10-13)12-15(2,3)14(17)18-4/h6-10H,5,11-12H2,1-4H3. The molecule has 0 aliphatic carbocycles. The summed E-state index contributed by atoms with van der Waals surface area (Å²) in [5.74, 6) is -0.158. The third-order valence-corrected chi connectivity index (χ3v) is 3.05. The molecule has 3 nitrogen and oxygen atoms in total. The van der Waals surface area contributed by atoms with E-state index in [4.69, 9.17) is 4.74 Å². The summed E-state index contributed by atoms with van der Waals surface area (Å²) in [5.41, 5.74) is 0.791. The smallest absolute Gasteiger partial charge is 0.312 e. The van der Waals surface area contributed by atoms with Gasteiger partial charge in [0.05, 0.1) is 12.5 Å². The Morgan fingerprint density at radius 1 is 1.28 bits per heavy atom. The molecule has 1 aromatic rings. The van der Waals surface area contributed by atoms with Crippen molar-refractivity contribution in [3.8, 4) is 0 Å². The summed E-state index contributed by atoms with van der Waals surface area (Å²) in [7, 11) is 1.44. The monoisotopic (exact) mass is 249 g/mol. The molecule has 1 rings (SSSR count). The zero-order valence-corrected chi connectivity index (χ0v) is 11.8. The van der Waals surface area contributed by atoms with Crippen molar-refractivity contribution in [3.63, 3.8) is 0 Å². The van der Waals surface area contributed by atoms with Gasteiger partial charge in [0.25, 0.3) is 0 Å². The second-order valence-corrected chi connectivity index (χ2v) is 5.16. The maximum Gasteiger partial charge on any atom is 0.312 e. The molecule has 0 bridgehead atoms. The van der Waals surface area contributed by atoms with Gasteiger partial charge in [0, 0.05) is 13.1 Å². The third-order valence-electron chi connectivity index (χ3n) is 3.05. The van der Waals surface area contributed by atoms with E-state index in [1.807, 2.05) is 32.0 Å². The molecular formula is C15H23NO2. The summed E-state index contributed by atoms with van der Waals surface area (Å²) < 4.78 is 4.84. The van der Waals surface area contributed by atoms with Crippen molar-refractivity contribution in [2.75, 3.05) is 20.2 Å². The first-order chi connectivity index (χ1) is 8.49. The van der Waals surface area contributed by atoms with Crippen LogP contribution in [0.4, 0.5) is 0 Å². The lowest BCUT2D eigenvalue weighted by atomic mass is 9.92. The Morgan fingerprint density at radius 2 is 1.89 bits per heavy atom. The van der Waals surface area contributed by atoms with Gasteiger partial charge in [-0.25, -0.2) is 0 Å². The van der Waals surface area contributed by atoms with Gasteiger partial charge >= 0.3 is 5.97 Å². The highest BCUT2D eigenvalue weighted by Crippen LogP contribution is 2.20. The van der Waals surface area contributed by atoms with Crippen molar-refractivity contribution in [1.29, 1.82) is 0 Å². The molecule has 0 amide bonds. The van der Waals surface area contributed by atoms with Gasteiger partial charge in [0.2, 0.25) is 0 Å². The van der Waals surface area contributed by atoms with E-state index in [1.165, 1.54) is 12.7 Å². The van der Waals surface area contributed by atoms with Crippen LogP contribution < -0.4 is 0 Å². The average molecular weight is 249 g/mol. The predicted octanol–water partition coefficient (Wildman–Crippen LogP) is 2.71. The molecule has 100 valence electrons. The maximum absolute atomic E-state index is 11.7. The van der Waals surface area contributed by atoms with Crippen LogP contribution in [0.2, 0.25) is 0 Å². The lowest BCUT2D eigenvalue weighted by Crippen LogP contribution is -2.39. The second kappa shape index (κ2) is 6.55. The normalized spacial score (nSPS) is 11.6. The number of nitrogens with zero attached hydrogens (tertiary/aromatic N) is 1. The summed E-state index contributed by atoms with van der Waals surface area (Å²) in [6, 6.07) is 10.3. The van der Waals surface area contributed by atoms with E-state index in [1.54, 1.807) is 0 Å². The Kier molecular flexibility index (Phi) is 5.35. The summed E-state index contributed by atoms with van der Waals surface area (Å²) >= 11 is 0. The highest BCUT2D eigenvalue weighted by molar-refractivity contribution is 5.76. The molecule has 0 aromatic heterocycles. The van der Waals surface area contributed by atoms with E-state index in [-0.39, 0.29) is 5.97 Å². The Hall–Kier alpha value is -1.35. The molecule has 1 aromatic carbocycles. The highest BCUT2D eigenvalue weighted by atomic mass is 16.5. The largest absolute Gasteiger partial charge is 0.469 e. The fourth-order valence-corrected chi connectivity index (χ4v) is 2.02. The van der Waals surface area contributed by atoms with E-state index in [0.29, 0.717) is 6.54 Å². The maximum atomic E-state index is 11.7. The number of rotatable bonds is 6. The summed E-state index contributed by atoms with van der Waals surface area (Å²) in [6.45, 7) is 8.42. The minimum atomic E-state index is -0.473. The highest BCUT2D eigenvalue weighted by Gasteiger charge is 2.30. The molecule has 18 heavy (non-hydrogen) atoms. The predicted molar refractivity (Wildman–Crippen MR) is 73.2 cm³/mol. The first kappa shape index (κ1) is 14.7. The summed E-state index contributed by atoms with van der Waals surface area (Å²) in [4.78, 5) is 13.9. The molecule has 0 saturated carbocycles. The SMILES string of the molecule is CCN(Cc1ccccc1)CC(C)(C)C(=O)OC. The van der Waals surface area contributed by atoms with Crippen molar-refractivity contribution >= 4 is 5.97 Å². The molecule has 3 heteroatoms. The van der Waals surface area contributed by atoms with Crippen LogP contribution in [0.15, 0.2) is 30.3 Å². The number of benzene rings is 1. The van der Waals surface area contributed by atoms with Crippen molar-refractivity contribution in [2.45, 2.75) is 27.3 Å². The van der Waals surface area contributed by atoms with Gasteiger partial charge in [-0.2, -0.15) is 0 Å². The minimum absolute atomic E-state index is 0.158. The number of hydrogen-bond acceptors (Lipinski definition) is 3. The molecule has 0 aliphatic rings. The number of hydrogen-bond donors (Lipinski definition) is 0. The Morgan fingerprint density at radius 3 is 2.39 bits per heavy atom. The summed E-state index contributed by atoms with van der Waals surface area (Å²) in [6.07, 6.45) is 0. The van der Waals surface area contributed by atoms with Gasteiger partial charge < -0.3 is 4.74 Å². The number of carbonyl (C=O) groups excluding carboxylic acids is 1. The van der Waals surface area contributed by atoms with Gasteiger partial charge in [0.1, 0.15) is 0 Å².